The molecule has 2 aliphatic heterocycles. The van der Waals surface area contributed by atoms with Gasteiger partial charge in [-0.05, 0) is 54.8 Å². The van der Waals surface area contributed by atoms with Crippen LogP contribution < -0.4 is 4.74 Å². The minimum atomic E-state index is -0.192. The van der Waals surface area contributed by atoms with Gasteiger partial charge in [-0.1, -0.05) is 17.3 Å². The van der Waals surface area contributed by atoms with Crippen LogP contribution in [-0.2, 0) is 11.3 Å². The summed E-state index contributed by atoms with van der Waals surface area (Å²) in [6, 6.07) is 14.5. The van der Waals surface area contributed by atoms with Gasteiger partial charge in [0.15, 0.2) is 0 Å². The maximum atomic E-state index is 13.3. The van der Waals surface area contributed by atoms with E-state index in [1.807, 2.05) is 30.3 Å². The largest absolute Gasteiger partial charge is 0.488 e. The average Bonchev–Trinajstić information content (AvgIpc) is 3.24. The number of hydrogen-bond donors (Lipinski definition) is 0. The Labute approximate surface area is 174 Å². The molecule has 2 aromatic carbocycles. The van der Waals surface area contributed by atoms with E-state index in [0.717, 1.165) is 62.6 Å². The summed E-state index contributed by atoms with van der Waals surface area (Å²) in [4.78, 5) is 6.81. The third-order valence-electron chi connectivity index (χ3n) is 5.65. The Morgan fingerprint density at radius 3 is 2.63 bits per heavy atom. The predicted molar refractivity (Wildman–Crippen MR) is 109 cm³/mol. The molecule has 5 rings (SSSR count). The van der Waals surface area contributed by atoms with Crippen LogP contribution in [0.1, 0.15) is 30.2 Å². The first-order valence-electron chi connectivity index (χ1n) is 10.4. The molecule has 1 aromatic heterocycles. The van der Waals surface area contributed by atoms with Crippen molar-refractivity contribution < 1.29 is 18.4 Å². The van der Waals surface area contributed by atoms with Crippen molar-refractivity contribution in [3.05, 3.63) is 65.8 Å². The third kappa shape index (κ3) is 4.37. The highest BCUT2D eigenvalue weighted by molar-refractivity contribution is 5.55. The predicted octanol–water partition coefficient (Wildman–Crippen LogP) is 4.03. The molecule has 0 radical (unpaired) electrons. The average molecular weight is 409 g/mol. The van der Waals surface area contributed by atoms with Gasteiger partial charge in [-0.15, -0.1) is 0 Å². The summed E-state index contributed by atoms with van der Waals surface area (Å²) < 4.78 is 30.2. The Balaban J connectivity index is 1.13. The van der Waals surface area contributed by atoms with Gasteiger partial charge in [-0.25, -0.2) is 4.39 Å². The molecule has 2 aliphatic rings. The maximum Gasteiger partial charge on any atom is 0.230 e. The van der Waals surface area contributed by atoms with Crippen LogP contribution in [0, 0.1) is 5.82 Å². The zero-order valence-electron chi connectivity index (χ0n) is 16.7. The van der Waals surface area contributed by atoms with Gasteiger partial charge in [0.1, 0.15) is 17.7 Å². The van der Waals surface area contributed by atoms with Crippen molar-refractivity contribution in [3.8, 4) is 17.1 Å². The molecule has 0 unspecified atom stereocenters. The van der Waals surface area contributed by atoms with Gasteiger partial charge >= 0.3 is 0 Å². The van der Waals surface area contributed by atoms with Gasteiger partial charge in [0.25, 0.3) is 0 Å². The van der Waals surface area contributed by atoms with E-state index in [0.29, 0.717) is 11.7 Å². The lowest BCUT2D eigenvalue weighted by Gasteiger charge is -2.39. The number of nitrogens with zero attached hydrogens (tertiary/aromatic N) is 3. The molecule has 0 amide bonds. The van der Waals surface area contributed by atoms with Gasteiger partial charge in [0.2, 0.25) is 11.7 Å². The van der Waals surface area contributed by atoms with E-state index in [4.69, 9.17) is 14.0 Å². The van der Waals surface area contributed by atoms with Crippen molar-refractivity contribution in [1.82, 2.24) is 15.0 Å². The summed E-state index contributed by atoms with van der Waals surface area (Å²) in [5, 5.41) is 4.13. The van der Waals surface area contributed by atoms with Crippen molar-refractivity contribution in [3.63, 3.8) is 0 Å². The Bertz CT molecular complexity index is 979. The van der Waals surface area contributed by atoms with Crippen molar-refractivity contribution in [2.75, 3.05) is 26.3 Å². The molecule has 0 bridgehead atoms. The molecule has 30 heavy (non-hydrogen) atoms. The summed E-state index contributed by atoms with van der Waals surface area (Å²) in [5.74, 6) is 2.22. The van der Waals surface area contributed by atoms with E-state index in [9.17, 15) is 4.39 Å². The minimum Gasteiger partial charge on any atom is -0.488 e. The van der Waals surface area contributed by atoms with Crippen molar-refractivity contribution in [1.29, 1.82) is 0 Å². The second-order valence-corrected chi connectivity index (χ2v) is 7.93. The molecular formula is C23H24FN3O3. The fourth-order valence-corrected chi connectivity index (χ4v) is 3.96. The summed E-state index contributed by atoms with van der Waals surface area (Å²) in [6.45, 7) is 3.89. The van der Waals surface area contributed by atoms with E-state index in [1.54, 1.807) is 12.1 Å². The number of ether oxygens (including phenoxy) is 2. The van der Waals surface area contributed by atoms with Crippen LogP contribution >= 0.6 is 0 Å². The summed E-state index contributed by atoms with van der Waals surface area (Å²) in [6.07, 6.45) is 1.99. The Hall–Kier alpha value is -2.77. The van der Waals surface area contributed by atoms with Crippen LogP contribution in [0.4, 0.5) is 4.39 Å². The van der Waals surface area contributed by atoms with E-state index >= 15 is 0 Å². The quantitative estimate of drug-likeness (QED) is 0.613. The van der Waals surface area contributed by atoms with E-state index in [1.165, 1.54) is 6.07 Å². The number of rotatable bonds is 6. The number of hydrogen-bond acceptors (Lipinski definition) is 6. The van der Waals surface area contributed by atoms with Gasteiger partial charge in [-0.2, -0.15) is 4.98 Å². The second-order valence-electron chi connectivity index (χ2n) is 7.93. The lowest BCUT2D eigenvalue weighted by atomic mass is 10.0. The molecule has 3 heterocycles. The monoisotopic (exact) mass is 409 g/mol. The van der Waals surface area contributed by atoms with E-state index in [-0.39, 0.29) is 17.8 Å². The Kier molecular flexibility index (Phi) is 5.46. The number of likely N-dealkylation sites (tertiary alicyclic amines) is 1. The van der Waals surface area contributed by atoms with Crippen LogP contribution in [0.15, 0.2) is 53.1 Å². The summed E-state index contributed by atoms with van der Waals surface area (Å²) in [7, 11) is 0. The summed E-state index contributed by atoms with van der Waals surface area (Å²) >= 11 is 0. The molecule has 0 aliphatic carbocycles. The Morgan fingerprint density at radius 1 is 1.07 bits per heavy atom. The molecule has 7 heteroatoms. The molecule has 2 saturated heterocycles. The van der Waals surface area contributed by atoms with Crippen LogP contribution in [-0.4, -0.2) is 47.4 Å². The molecule has 0 atom stereocenters. The number of benzene rings is 2. The molecule has 0 N–H and O–H groups in total. The van der Waals surface area contributed by atoms with Gasteiger partial charge in [0.05, 0.1) is 0 Å². The number of aromatic nitrogens is 2. The van der Waals surface area contributed by atoms with Crippen molar-refractivity contribution >= 4 is 0 Å². The fourth-order valence-electron chi connectivity index (χ4n) is 3.96. The zero-order chi connectivity index (χ0) is 20.3. The van der Waals surface area contributed by atoms with Crippen LogP contribution in [0.5, 0.6) is 5.75 Å². The van der Waals surface area contributed by atoms with Crippen LogP contribution in [0.2, 0.25) is 0 Å². The first-order chi connectivity index (χ1) is 14.7. The molecule has 3 aromatic rings. The van der Waals surface area contributed by atoms with E-state index < -0.39 is 0 Å². The Morgan fingerprint density at radius 2 is 1.87 bits per heavy atom. The fraction of sp³-hybridized carbons (Fsp3) is 0.391. The summed E-state index contributed by atoms with van der Waals surface area (Å²) in [5.41, 5.74) is 1.89. The van der Waals surface area contributed by atoms with Gasteiger partial charge < -0.3 is 14.0 Å². The van der Waals surface area contributed by atoms with Crippen LogP contribution in [0.3, 0.4) is 0 Å². The molecule has 156 valence electrons. The lowest BCUT2D eigenvalue weighted by molar-refractivity contribution is 0.0145. The highest BCUT2D eigenvalue weighted by atomic mass is 19.1. The standard InChI is InChI=1S/C23H24FN3O3/c24-19-3-1-2-16(12-19)13-27-14-21(15-27)29-20-6-4-17(5-7-20)22-25-23(30-26-22)18-8-10-28-11-9-18/h1-7,12,18,21H,8-11,13-15H2. The molecule has 0 saturated carbocycles. The lowest BCUT2D eigenvalue weighted by Crippen LogP contribution is -2.53. The topological polar surface area (TPSA) is 60.6 Å². The third-order valence-corrected chi connectivity index (χ3v) is 5.65. The normalized spacial score (nSPS) is 18.3. The van der Waals surface area contributed by atoms with Crippen molar-refractivity contribution in [2.24, 2.45) is 0 Å². The molecule has 6 nitrogen and oxygen atoms in total. The SMILES string of the molecule is Fc1cccc(CN2CC(Oc3ccc(-c4noc(C5CCOCC5)n4)cc3)C2)c1. The second kappa shape index (κ2) is 8.53. The highest BCUT2D eigenvalue weighted by Gasteiger charge is 2.28. The van der Waals surface area contributed by atoms with E-state index in [2.05, 4.69) is 15.0 Å². The molecule has 0 spiro atoms. The first-order valence-corrected chi connectivity index (χ1v) is 10.4. The van der Waals surface area contributed by atoms with Crippen molar-refractivity contribution in [2.45, 2.75) is 31.4 Å². The van der Waals surface area contributed by atoms with Gasteiger partial charge in [-0.3, -0.25) is 4.90 Å². The molecular weight excluding hydrogens is 385 g/mol. The zero-order valence-corrected chi connectivity index (χ0v) is 16.7. The number of halogens is 1. The molecule has 2 fully saturated rings. The van der Waals surface area contributed by atoms with Gasteiger partial charge in [0, 0.05) is 44.3 Å². The smallest absolute Gasteiger partial charge is 0.230 e. The highest BCUT2D eigenvalue weighted by Crippen LogP contribution is 2.28. The maximum absolute atomic E-state index is 13.3. The first kappa shape index (κ1) is 19.2. The minimum absolute atomic E-state index is 0.148. The van der Waals surface area contributed by atoms with Crippen LogP contribution in [0.25, 0.3) is 11.4 Å².